The largest absolute Gasteiger partial charge is 0.381 e. The van der Waals surface area contributed by atoms with Crippen LogP contribution >= 0.6 is 12.4 Å². The van der Waals surface area contributed by atoms with Crippen LogP contribution in [0, 0.1) is 0 Å². The monoisotopic (exact) mass is 367 g/mol. The van der Waals surface area contributed by atoms with E-state index in [9.17, 15) is 4.79 Å². The van der Waals surface area contributed by atoms with E-state index in [0.717, 1.165) is 64.1 Å². The van der Waals surface area contributed by atoms with Crippen molar-refractivity contribution in [2.24, 2.45) is 0 Å². The summed E-state index contributed by atoms with van der Waals surface area (Å²) in [5, 5.41) is 6.56. The van der Waals surface area contributed by atoms with Crippen molar-refractivity contribution in [2.75, 3.05) is 52.5 Å². The zero-order valence-corrected chi connectivity index (χ0v) is 15.7. The van der Waals surface area contributed by atoms with E-state index in [2.05, 4.69) is 27.7 Å². The summed E-state index contributed by atoms with van der Waals surface area (Å²) in [6.45, 7) is 7.49. The SMILES string of the molecule is Cl.O=C(NCCCN1CCNCC1)C1(c2ccccc2)CCOCC1. The normalized spacial score (nSPS) is 20.5. The van der Waals surface area contributed by atoms with Gasteiger partial charge >= 0.3 is 0 Å². The first-order valence-electron chi connectivity index (χ1n) is 9.16. The van der Waals surface area contributed by atoms with Gasteiger partial charge in [-0.1, -0.05) is 30.3 Å². The summed E-state index contributed by atoms with van der Waals surface area (Å²) >= 11 is 0. The summed E-state index contributed by atoms with van der Waals surface area (Å²) < 4.78 is 5.51. The van der Waals surface area contributed by atoms with Gasteiger partial charge in [-0.2, -0.15) is 0 Å². The second-order valence-corrected chi connectivity index (χ2v) is 6.76. The Morgan fingerprint density at radius 3 is 2.52 bits per heavy atom. The van der Waals surface area contributed by atoms with Crippen LogP contribution in [-0.4, -0.2) is 63.3 Å². The topological polar surface area (TPSA) is 53.6 Å². The molecule has 0 spiro atoms. The molecule has 2 saturated heterocycles. The molecule has 2 heterocycles. The van der Waals surface area contributed by atoms with Crippen molar-refractivity contribution in [1.29, 1.82) is 0 Å². The maximum atomic E-state index is 13.0. The molecule has 2 aliphatic heterocycles. The molecule has 2 aliphatic rings. The predicted octanol–water partition coefficient (Wildman–Crippen LogP) is 1.57. The summed E-state index contributed by atoms with van der Waals surface area (Å²) in [5.74, 6) is 0.164. The number of hydrogen-bond acceptors (Lipinski definition) is 4. The fraction of sp³-hybridized carbons (Fsp3) is 0.632. The van der Waals surface area contributed by atoms with Crippen LogP contribution in [0.3, 0.4) is 0 Å². The Bertz CT molecular complexity index is 515. The summed E-state index contributed by atoms with van der Waals surface area (Å²) in [7, 11) is 0. The third-order valence-corrected chi connectivity index (χ3v) is 5.25. The van der Waals surface area contributed by atoms with Crippen molar-refractivity contribution >= 4 is 18.3 Å². The molecule has 0 aromatic heterocycles. The first-order valence-corrected chi connectivity index (χ1v) is 9.16. The summed E-state index contributed by atoms with van der Waals surface area (Å²) in [4.78, 5) is 15.4. The number of benzene rings is 1. The van der Waals surface area contributed by atoms with Gasteiger partial charge in [0, 0.05) is 45.9 Å². The predicted molar refractivity (Wildman–Crippen MR) is 102 cm³/mol. The number of halogens is 1. The highest BCUT2D eigenvalue weighted by Crippen LogP contribution is 2.35. The number of carbonyl (C=O) groups is 1. The third kappa shape index (κ3) is 5.17. The molecule has 1 amide bonds. The number of nitrogens with zero attached hydrogens (tertiary/aromatic N) is 1. The van der Waals surface area contributed by atoms with Gasteiger partial charge in [-0.05, 0) is 31.4 Å². The Kier molecular flexibility index (Phi) is 8.16. The second kappa shape index (κ2) is 10.1. The molecule has 0 aliphatic carbocycles. The minimum absolute atomic E-state index is 0. The number of amides is 1. The van der Waals surface area contributed by atoms with Crippen LogP contribution in [0.25, 0.3) is 0 Å². The van der Waals surface area contributed by atoms with Crippen molar-refractivity contribution in [3.05, 3.63) is 35.9 Å². The smallest absolute Gasteiger partial charge is 0.230 e. The van der Waals surface area contributed by atoms with E-state index in [1.165, 1.54) is 0 Å². The molecule has 1 aromatic carbocycles. The van der Waals surface area contributed by atoms with Gasteiger partial charge in [0.1, 0.15) is 0 Å². The van der Waals surface area contributed by atoms with E-state index >= 15 is 0 Å². The first kappa shape index (κ1) is 20.2. The molecule has 0 saturated carbocycles. The molecule has 0 unspecified atom stereocenters. The fourth-order valence-corrected chi connectivity index (χ4v) is 3.73. The fourth-order valence-electron chi connectivity index (χ4n) is 3.73. The molecule has 2 fully saturated rings. The van der Waals surface area contributed by atoms with Crippen molar-refractivity contribution in [1.82, 2.24) is 15.5 Å². The van der Waals surface area contributed by atoms with Crippen LogP contribution < -0.4 is 10.6 Å². The summed E-state index contributed by atoms with van der Waals surface area (Å²) in [5.41, 5.74) is 0.696. The number of ether oxygens (including phenoxy) is 1. The number of piperazine rings is 1. The van der Waals surface area contributed by atoms with Crippen LogP contribution in [0.2, 0.25) is 0 Å². The minimum Gasteiger partial charge on any atom is -0.381 e. The third-order valence-electron chi connectivity index (χ3n) is 5.25. The van der Waals surface area contributed by atoms with E-state index in [4.69, 9.17) is 4.74 Å². The Balaban J connectivity index is 0.00000225. The minimum atomic E-state index is -0.422. The molecule has 6 heteroatoms. The van der Waals surface area contributed by atoms with Gasteiger partial charge < -0.3 is 20.3 Å². The Labute approximate surface area is 156 Å². The highest BCUT2D eigenvalue weighted by Gasteiger charge is 2.41. The van der Waals surface area contributed by atoms with Gasteiger partial charge in [-0.25, -0.2) is 0 Å². The van der Waals surface area contributed by atoms with Gasteiger partial charge in [0.2, 0.25) is 5.91 Å². The summed E-state index contributed by atoms with van der Waals surface area (Å²) in [6.07, 6.45) is 2.54. The average Bonchev–Trinajstić information content (AvgIpc) is 2.67. The van der Waals surface area contributed by atoms with E-state index in [0.29, 0.717) is 13.2 Å². The van der Waals surface area contributed by atoms with Crippen LogP contribution in [0.1, 0.15) is 24.8 Å². The van der Waals surface area contributed by atoms with Crippen LogP contribution in [0.15, 0.2) is 30.3 Å². The van der Waals surface area contributed by atoms with E-state index in [1.54, 1.807) is 0 Å². The lowest BCUT2D eigenvalue weighted by Gasteiger charge is -2.36. The average molecular weight is 368 g/mol. The zero-order chi connectivity index (χ0) is 16.7. The van der Waals surface area contributed by atoms with Gasteiger partial charge in [0.05, 0.1) is 5.41 Å². The van der Waals surface area contributed by atoms with Gasteiger partial charge in [-0.3, -0.25) is 4.79 Å². The zero-order valence-electron chi connectivity index (χ0n) is 14.8. The molecule has 140 valence electrons. The van der Waals surface area contributed by atoms with E-state index in [1.807, 2.05) is 18.2 Å². The highest BCUT2D eigenvalue weighted by molar-refractivity contribution is 5.88. The maximum Gasteiger partial charge on any atom is 0.230 e. The lowest BCUT2D eigenvalue weighted by Crippen LogP contribution is -2.49. The van der Waals surface area contributed by atoms with Gasteiger partial charge in [0.15, 0.2) is 0 Å². The first-order chi connectivity index (χ1) is 11.8. The lowest BCUT2D eigenvalue weighted by atomic mass is 9.73. The number of rotatable bonds is 6. The maximum absolute atomic E-state index is 13.0. The number of hydrogen-bond donors (Lipinski definition) is 2. The molecule has 1 aromatic rings. The molecular formula is C19H30ClN3O2. The Hall–Kier alpha value is -1.14. The molecule has 0 atom stereocenters. The van der Waals surface area contributed by atoms with Crippen LogP contribution in [0.4, 0.5) is 0 Å². The van der Waals surface area contributed by atoms with Crippen molar-refractivity contribution in [2.45, 2.75) is 24.7 Å². The van der Waals surface area contributed by atoms with Gasteiger partial charge in [-0.15, -0.1) is 12.4 Å². The molecule has 3 rings (SSSR count). The highest BCUT2D eigenvalue weighted by atomic mass is 35.5. The van der Waals surface area contributed by atoms with Gasteiger partial charge in [0.25, 0.3) is 0 Å². The Morgan fingerprint density at radius 1 is 1.16 bits per heavy atom. The van der Waals surface area contributed by atoms with Crippen molar-refractivity contribution < 1.29 is 9.53 Å². The quantitative estimate of drug-likeness (QED) is 0.749. The molecule has 5 nitrogen and oxygen atoms in total. The van der Waals surface area contributed by atoms with Crippen LogP contribution in [-0.2, 0) is 14.9 Å². The second-order valence-electron chi connectivity index (χ2n) is 6.76. The number of carbonyl (C=O) groups excluding carboxylic acids is 1. The van der Waals surface area contributed by atoms with E-state index in [-0.39, 0.29) is 18.3 Å². The molecule has 2 N–H and O–H groups in total. The standard InChI is InChI=1S/C19H29N3O2.ClH/c23-18(21-9-4-12-22-13-10-20-11-14-22)19(7-15-24-16-8-19)17-5-2-1-3-6-17;/h1-3,5-6,20H,4,7-16H2,(H,21,23);1H. The number of nitrogens with one attached hydrogen (secondary N) is 2. The molecule has 0 bridgehead atoms. The Morgan fingerprint density at radius 2 is 1.84 bits per heavy atom. The van der Waals surface area contributed by atoms with E-state index < -0.39 is 5.41 Å². The lowest BCUT2D eigenvalue weighted by molar-refractivity contribution is -0.130. The van der Waals surface area contributed by atoms with Crippen molar-refractivity contribution in [3.63, 3.8) is 0 Å². The van der Waals surface area contributed by atoms with Crippen molar-refractivity contribution in [3.8, 4) is 0 Å². The molecule has 0 radical (unpaired) electrons. The van der Waals surface area contributed by atoms with Crippen LogP contribution in [0.5, 0.6) is 0 Å². The summed E-state index contributed by atoms with van der Waals surface area (Å²) in [6, 6.07) is 10.2. The molecule has 25 heavy (non-hydrogen) atoms. The molecular weight excluding hydrogens is 338 g/mol.